The Morgan fingerprint density at radius 2 is 1.76 bits per heavy atom. The zero-order valence-corrected chi connectivity index (χ0v) is 22.0. The molecular weight excluding hydrogens is 476 g/mol. The highest BCUT2D eigenvalue weighted by Gasteiger charge is 2.43. The summed E-state index contributed by atoms with van der Waals surface area (Å²) in [4.78, 5) is 55.3. The molecule has 2 aliphatic rings. The topological polar surface area (TPSA) is 137 Å². The summed E-state index contributed by atoms with van der Waals surface area (Å²) in [5, 5.41) is 17.7. The van der Waals surface area contributed by atoms with E-state index < -0.39 is 35.5 Å². The Bertz CT molecular complexity index is 968. The van der Waals surface area contributed by atoms with E-state index >= 15 is 0 Å². The van der Waals surface area contributed by atoms with Crippen molar-refractivity contribution in [2.24, 2.45) is 0 Å². The molecule has 3 rings (SSSR count). The summed E-state index contributed by atoms with van der Waals surface area (Å²) in [6.45, 7) is 6.23. The fraction of sp³-hybridized carbons (Fsp3) is 0.630. The number of aliphatic hydroxyl groups is 1. The first-order valence-corrected chi connectivity index (χ1v) is 13.3. The molecule has 2 aliphatic heterocycles. The summed E-state index contributed by atoms with van der Waals surface area (Å²) in [7, 11) is 0. The first-order valence-electron chi connectivity index (χ1n) is 13.3. The highest BCUT2D eigenvalue weighted by molar-refractivity contribution is 5.99. The van der Waals surface area contributed by atoms with Gasteiger partial charge in [0.25, 0.3) is 0 Å². The average molecular weight is 517 g/mol. The number of fused-ring (bicyclic) bond motifs is 1. The van der Waals surface area contributed by atoms with Crippen molar-refractivity contribution >= 4 is 23.6 Å². The molecule has 0 radical (unpaired) electrons. The molecule has 0 saturated carbocycles. The Kier molecular flexibility index (Phi) is 9.91. The van der Waals surface area contributed by atoms with E-state index in [9.17, 15) is 19.2 Å². The smallest absolute Gasteiger partial charge is 0.246 e. The molecule has 1 unspecified atom stereocenters. The molecule has 37 heavy (non-hydrogen) atoms. The fourth-order valence-corrected chi connectivity index (χ4v) is 4.81. The van der Waals surface area contributed by atoms with Crippen LogP contribution in [0.25, 0.3) is 0 Å². The summed E-state index contributed by atoms with van der Waals surface area (Å²) in [5.41, 5.74) is -0.446. The van der Waals surface area contributed by atoms with E-state index in [2.05, 4.69) is 16.0 Å². The van der Waals surface area contributed by atoms with E-state index in [1.54, 1.807) is 13.8 Å². The Morgan fingerprint density at radius 1 is 1.03 bits per heavy atom. The quantitative estimate of drug-likeness (QED) is 0.362. The van der Waals surface area contributed by atoms with Crippen molar-refractivity contribution in [2.75, 3.05) is 19.8 Å². The zero-order chi connectivity index (χ0) is 27.0. The van der Waals surface area contributed by atoms with Crippen LogP contribution in [0.4, 0.5) is 0 Å². The minimum atomic E-state index is -1.28. The van der Waals surface area contributed by atoms with Crippen LogP contribution in [-0.4, -0.2) is 77.1 Å². The molecule has 0 spiro atoms. The second-order valence-corrected chi connectivity index (χ2v) is 9.95. The van der Waals surface area contributed by atoms with Crippen molar-refractivity contribution in [3.05, 3.63) is 29.8 Å². The predicted molar refractivity (Wildman–Crippen MR) is 138 cm³/mol. The predicted octanol–water partition coefficient (Wildman–Crippen LogP) is 1.05. The molecule has 2 saturated heterocycles. The van der Waals surface area contributed by atoms with Gasteiger partial charge in [-0.3, -0.25) is 19.2 Å². The van der Waals surface area contributed by atoms with Gasteiger partial charge >= 0.3 is 0 Å². The Labute approximate surface area is 218 Å². The Balaban J connectivity index is 1.92. The van der Waals surface area contributed by atoms with E-state index in [4.69, 9.17) is 9.84 Å². The molecule has 2 fully saturated rings. The first-order chi connectivity index (χ1) is 17.7. The minimum absolute atomic E-state index is 0.0159. The van der Waals surface area contributed by atoms with Crippen molar-refractivity contribution in [1.29, 1.82) is 0 Å². The second kappa shape index (κ2) is 12.9. The average Bonchev–Trinajstić information content (AvgIpc) is 3.38. The van der Waals surface area contributed by atoms with Crippen LogP contribution in [0.5, 0.6) is 5.75 Å². The van der Waals surface area contributed by atoms with Gasteiger partial charge in [0.05, 0.1) is 6.61 Å². The number of hydrogen-bond donors (Lipinski definition) is 4. The summed E-state index contributed by atoms with van der Waals surface area (Å²) < 4.78 is 5.50. The number of nitrogens with zero attached hydrogens (tertiary/aromatic N) is 1. The third-order valence-corrected chi connectivity index (χ3v) is 7.26. The molecule has 10 heteroatoms. The van der Waals surface area contributed by atoms with Crippen LogP contribution in [-0.2, 0) is 25.6 Å². The Morgan fingerprint density at radius 3 is 2.41 bits per heavy atom. The number of benzene rings is 1. The van der Waals surface area contributed by atoms with Crippen LogP contribution in [0.1, 0.15) is 64.9 Å². The lowest BCUT2D eigenvalue weighted by molar-refractivity contribution is -0.144. The van der Waals surface area contributed by atoms with Gasteiger partial charge in [0.1, 0.15) is 29.4 Å². The van der Waals surface area contributed by atoms with Crippen molar-refractivity contribution in [2.45, 2.75) is 89.4 Å². The van der Waals surface area contributed by atoms with Gasteiger partial charge in [-0.25, -0.2) is 0 Å². The molecule has 10 nitrogen and oxygen atoms in total. The maximum atomic E-state index is 13.8. The second-order valence-electron chi connectivity index (χ2n) is 9.95. The highest BCUT2D eigenvalue weighted by Crippen LogP contribution is 2.22. The maximum Gasteiger partial charge on any atom is 0.246 e. The molecule has 0 aromatic heterocycles. The van der Waals surface area contributed by atoms with Crippen molar-refractivity contribution < 1.29 is 29.0 Å². The van der Waals surface area contributed by atoms with E-state index in [1.807, 2.05) is 31.2 Å². The number of unbranched alkanes of at least 4 members (excludes halogenated alkanes) is 1. The molecule has 1 aromatic carbocycles. The number of amides is 4. The standard InChI is InChI=1S/C27H40N4O6/c1-4-27(3)26(36)29-21(17-18-11-13-19(14-12-18)37-5-2)25(35)31-15-8-10-22(31)24(34)28-20(23(33)30-27)9-6-7-16-32/h11-14,20-22,32H,4-10,15-17H2,1-3H3,(H,28,34)(H,29,36)(H,30,33)/t20-,21?,22+,27-/m0/s1. The molecule has 4 atom stereocenters. The van der Waals surface area contributed by atoms with Crippen molar-refractivity contribution in [3.8, 4) is 5.75 Å². The number of ether oxygens (including phenoxy) is 1. The lowest BCUT2D eigenvalue weighted by Crippen LogP contribution is -2.65. The number of hydrogen-bond acceptors (Lipinski definition) is 6. The molecule has 4 N–H and O–H groups in total. The number of nitrogens with one attached hydrogen (secondary N) is 3. The van der Waals surface area contributed by atoms with Crippen LogP contribution >= 0.6 is 0 Å². The summed E-state index contributed by atoms with van der Waals surface area (Å²) in [6, 6.07) is 4.87. The van der Waals surface area contributed by atoms with Gasteiger partial charge in [-0.15, -0.1) is 0 Å². The third kappa shape index (κ3) is 7.00. The summed E-state index contributed by atoms with van der Waals surface area (Å²) in [5.74, 6) is -0.886. The maximum absolute atomic E-state index is 13.8. The van der Waals surface area contributed by atoms with Gasteiger partial charge in [-0.2, -0.15) is 0 Å². The zero-order valence-electron chi connectivity index (χ0n) is 22.0. The lowest BCUT2D eigenvalue weighted by Gasteiger charge is -2.36. The summed E-state index contributed by atoms with van der Waals surface area (Å²) >= 11 is 0. The van der Waals surface area contributed by atoms with E-state index in [0.29, 0.717) is 51.0 Å². The number of aliphatic hydroxyl groups excluding tert-OH is 1. The van der Waals surface area contributed by atoms with Crippen LogP contribution in [0.3, 0.4) is 0 Å². The first kappa shape index (κ1) is 28.4. The highest BCUT2D eigenvalue weighted by atomic mass is 16.5. The van der Waals surface area contributed by atoms with Crippen LogP contribution in [0.2, 0.25) is 0 Å². The van der Waals surface area contributed by atoms with Crippen LogP contribution in [0, 0.1) is 0 Å². The molecule has 204 valence electrons. The van der Waals surface area contributed by atoms with Gasteiger partial charge in [-0.1, -0.05) is 19.1 Å². The number of carbonyl (C=O) groups excluding carboxylic acids is 4. The molecular formula is C27H40N4O6. The van der Waals surface area contributed by atoms with E-state index in [1.165, 1.54) is 4.90 Å². The van der Waals surface area contributed by atoms with Crippen LogP contribution < -0.4 is 20.7 Å². The third-order valence-electron chi connectivity index (χ3n) is 7.26. The van der Waals surface area contributed by atoms with E-state index in [0.717, 1.165) is 5.56 Å². The number of carbonyl (C=O) groups is 4. The van der Waals surface area contributed by atoms with E-state index in [-0.39, 0.29) is 31.3 Å². The van der Waals surface area contributed by atoms with Crippen molar-refractivity contribution in [3.63, 3.8) is 0 Å². The Hall–Kier alpha value is -3.14. The van der Waals surface area contributed by atoms with Gasteiger partial charge < -0.3 is 30.7 Å². The van der Waals surface area contributed by atoms with Gasteiger partial charge in [0.15, 0.2) is 0 Å². The summed E-state index contributed by atoms with van der Waals surface area (Å²) in [6.07, 6.45) is 3.01. The number of rotatable bonds is 9. The molecule has 4 amide bonds. The normalized spacial score (nSPS) is 26.9. The van der Waals surface area contributed by atoms with Crippen molar-refractivity contribution in [1.82, 2.24) is 20.9 Å². The molecule has 0 aliphatic carbocycles. The largest absolute Gasteiger partial charge is 0.494 e. The SMILES string of the molecule is CCOc1ccc(CC2NC(=O)[C@](C)(CC)NC(=O)[C@H](CCCCO)NC(=O)[C@H]3CCCN3C2=O)cc1. The molecule has 1 aromatic rings. The lowest BCUT2D eigenvalue weighted by atomic mass is 9.94. The fourth-order valence-electron chi connectivity index (χ4n) is 4.81. The molecule has 0 bridgehead atoms. The molecule has 2 heterocycles. The van der Waals surface area contributed by atoms with Gasteiger partial charge in [-0.05, 0) is 70.1 Å². The van der Waals surface area contributed by atoms with Gasteiger partial charge in [0, 0.05) is 19.6 Å². The monoisotopic (exact) mass is 516 g/mol. The van der Waals surface area contributed by atoms with Gasteiger partial charge in [0.2, 0.25) is 23.6 Å². The van der Waals surface area contributed by atoms with Crippen LogP contribution in [0.15, 0.2) is 24.3 Å². The minimum Gasteiger partial charge on any atom is -0.494 e.